The van der Waals surface area contributed by atoms with E-state index >= 15 is 0 Å². The SMILES string of the molecule is CCOC(=O)c1ccc(-c2ccc(/C=C3/C(=O)N(C)C(=O)C(C#N)=C3C)o2)cc1. The van der Waals surface area contributed by atoms with Crippen LogP contribution in [0.15, 0.2) is 57.5 Å². The smallest absolute Gasteiger partial charge is 0.338 e. The van der Waals surface area contributed by atoms with Crippen molar-refractivity contribution < 1.29 is 23.5 Å². The Bertz CT molecular complexity index is 1100. The third-order valence-corrected chi connectivity index (χ3v) is 4.54. The minimum atomic E-state index is -0.617. The molecule has 0 saturated heterocycles. The van der Waals surface area contributed by atoms with E-state index in [0.29, 0.717) is 29.3 Å². The van der Waals surface area contributed by atoms with E-state index in [0.717, 1.165) is 10.5 Å². The van der Waals surface area contributed by atoms with Gasteiger partial charge in [-0.05, 0) is 49.8 Å². The molecule has 1 aromatic heterocycles. The second-order valence-corrected chi connectivity index (χ2v) is 6.34. The summed E-state index contributed by atoms with van der Waals surface area (Å²) in [7, 11) is 1.33. The second-order valence-electron chi connectivity index (χ2n) is 6.34. The maximum Gasteiger partial charge on any atom is 0.338 e. The molecule has 146 valence electrons. The second kappa shape index (κ2) is 7.98. The lowest BCUT2D eigenvalue weighted by atomic mass is 9.95. The molecule has 0 unspecified atom stereocenters. The van der Waals surface area contributed by atoms with E-state index in [1.165, 1.54) is 13.1 Å². The average Bonchev–Trinajstić information content (AvgIpc) is 3.19. The molecule has 0 atom stereocenters. The lowest BCUT2D eigenvalue weighted by molar-refractivity contribution is -0.138. The van der Waals surface area contributed by atoms with Crippen molar-refractivity contribution >= 4 is 23.9 Å². The van der Waals surface area contributed by atoms with Gasteiger partial charge in [0, 0.05) is 18.2 Å². The van der Waals surface area contributed by atoms with E-state index in [2.05, 4.69) is 0 Å². The van der Waals surface area contributed by atoms with E-state index in [1.54, 1.807) is 50.2 Å². The highest BCUT2D eigenvalue weighted by Gasteiger charge is 2.33. The monoisotopic (exact) mass is 390 g/mol. The number of carbonyl (C=O) groups excluding carboxylic acids is 3. The van der Waals surface area contributed by atoms with Gasteiger partial charge >= 0.3 is 5.97 Å². The number of esters is 1. The summed E-state index contributed by atoms with van der Waals surface area (Å²) in [5.41, 5.74) is 1.66. The number of imide groups is 1. The third kappa shape index (κ3) is 3.73. The van der Waals surface area contributed by atoms with Crippen LogP contribution in [0, 0.1) is 11.3 Å². The first-order valence-electron chi connectivity index (χ1n) is 8.90. The Kier molecular flexibility index (Phi) is 5.46. The van der Waals surface area contributed by atoms with Gasteiger partial charge in [0.25, 0.3) is 11.8 Å². The molecule has 0 N–H and O–H groups in total. The van der Waals surface area contributed by atoms with Crippen molar-refractivity contribution in [3.05, 3.63) is 64.4 Å². The van der Waals surface area contributed by atoms with Crippen LogP contribution in [-0.4, -0.2) is 36.3 Å². The van der Waals surface area contributed by atoms with Crippen LogP contribution in [0.25, 0.3) is 17.4 Å². The van der Waals surface area contributed by atoms with Crippen LogP contribution in [0.2, 0.25) is 0 Å². The van der Waals surface area contributed by atoms with E-state index in [4.69, 9.17) is 9.15 Å². The highest BCUT2D eigenvalue weighted by Crippen LogP contribution is 2.28. The number of hydrogen-bond donors (Lipinski definition) is 0. The van der Waals surface area contributed by atoms with Crippen molar-refractivity contribution in [3.8, 4) is 17.4 Å². The first-order chi connectivity index (χ1) is 13.9. The molecule has 1 aliphatic rings. The molecular formula is C22H18N2O5. The fourth-order valence-corrected chi connectivity index (χ4v) is 2.91. The summed E-state index contributed by atoms with van der Waals surface area (Å²) in [6.07, 6.45) is 1.51. The van der Waals surface area contributed by atoms with Crippen LogP contribution in [0.4, 0.5) is 0 Å². The number of nitrogens with zero attached hydrogens (tertiary/aromatic N) is 2. The van der Waals surface area contributed by atoms with Crippen molar-refractivity contribution in [1.82, 2.24) is 4.90 Å². The van der Waals surface area contributed by atoms with Gasteiger partial charge in [0.05, 0.1) is 12.2 Å². The average molecular weight is 390 g/mol. The van der Waals surface area contributed by atoms with Gasteiger partial charge in [0.2, 0.25) is 0 Å². The van der Waals surface area contributed by atoms with E-state index in [9.17, 15) is 19.6 Å². The number of furan rings is 1. The zero-order valence-corrected chi connectivity index (χ0v) is 16.2. The Morgan fingerprint density at radius 3 is 2.48 bits per heavy atom. The molecule has 2 heterocycles. The Hall–Kier alpha value is -3.92. The number of ether oxygens (including phenoxy) is 1. The topological polar surface area (TPSA) is 101 Å². The number of nitriles is 1. The molecule has 7 heteroatoms. The van der Waals surface area contributed by atoms with E-state index in [1.807, 2.05) is 6.07 Å². The quantitative estimate of drug-likeness (QED) is 0.451. The normalized spacial score (nSPS) is 15.7. The van der Waals surface area contributed by atoms with Crippen LogP contribution in [0.1, 0.15) is 30.0 Å². The molecule has 0 saturated carbocycles. The number of rotatable bonds is 4. The molecule has 0 spiro atoms. The van der Waals surface area contributed by atoms with Gasteiger partial charge in [-0.1, -0.05) is 12.1 Å². The first-order valence-corrected chi connectivity index (χ1v) is 8.90. The van der Waals surface area contributed by atoms with E-state index < -0.39 is 17.8 Å². The molecular weight excluding hydrogens is 372 g/mol. The highest BCUT2D eigenvalue weighted by molar-refractivity contribution is 6.19. The maximum absolute atomic E-state index is 12.5. The van der Waals surface area contributed by atoms with Crippen LogP contribution < -0.4 is 0 Å². The Balaban J connectivity index is 1.91. The van der Waals surface area contributed by atoms with Gasteiger partial charge in [-0.15, -0.1) is 0 Å². The number of benzene rings is 1. The van der Waals surface area contributed by atoms with Crippen LogP contribution in [-0.2, 0) is 14.3 Å². The summed E-state index contributed by atoms with van der Waals surface area (Å²) in [6.45, 7) is 3.61. The summed E-state index contributed by atoms with van der Waals surface area (Å²) in [5.74, 6) is -0.564. The van der Waals surface area contributed by atoms with Crippen molar-refractivity contribution in [2.45, 2.75) is 13.8 Å². The lowest BCUT2D eigenvalue weighted by Gasteiger charge is -2.23. The Morgan fingerprint density at radius 1 is 1.17 bits per heavy atom. The molecule has 2 amide bonds. The molecule has 3 rings (SSSR count). The van der Waals surface area contributed by atoms with Gasteiger partial charge in [0.1, 0.15) is 23.2 Å². The summed E-state index contributed by atoms with van der Waals surface area (Å²) in [6, 6.07) is 12.0. The van der Waals surface area contributed by atoms with Gasteiger partial charge in [0.15, 0.2) is 0 Å². The van der Waals surface area contributed by atoms with Crippen LogP contribution in [0.5, 0.6) is 0 Å². The number of amides is 2. The fourth-order valence-electron chi connectivity index (χ4n) is 2.91. The Labute approximate surface area is 167 Å². The molecule has 29 heavy (non-hydrogen) atoms. The molecule has 1 aliphatic heterocycles. The summed E-state index contributed by atoms with van der Waals surface area (Å²) in [5, 5.41) is 9.22. The molecule has 0 fully saturated rings. The van der Waals surface area contributed by atoms with Gasteiger partial charge in [-0.25, -0.2) is 4.79 Å². The number of carbonyl (C=O) groups is 3. The predicted octanol–water partition coefficient (Wildman–Crippen LogP) is 3.35. The largest absolute Gasteiger partial charge is 0.462 e. The molecule has 1 aromatic carbocycles. The fraction of sp³-hybridized carbons (Fsp3) is 0.182. The van der Waals surface area contributed by atoms with Crippen molar-refractivity contribution in [2.24, 2.45) is 0 Å². The maximum atomic E-state index is 12.5. The standard InChI is InChI=1S/C22H18N2O5/c1-4-28-22(27)15-7-5-14(6-8-15)19-10-9-16(29-19)11-17-13(2)18(12-23)21(26)24(3)20(17)25/h5-11H,4H2,1-3H3/b17-11+. The molecule has 7 nitrogen and oxygen atoms in total. The zero-order valence-electron chi connectivity index (χ0n) is 16.2. The minimum Gasteiger partial charge on any atom is -0.462 e. The van der Waals surface area contributed by atoms with Gasteiger partial charge < -0.3 is 9.15 Å². The van der Waals surface area contributed by atoms with Gasteiger partial charge in [-0.3, -0.25) is 14.5 Å². The van der Waals surface area contributed by atoms with Crippen LogP contribution in [0.3, 0.4) is 0 Å². The first kappa shape index (κ1) is 19.8. The highest BCUT2D eigenvalue weighted by atomic mass is 16.5. The Morgan fingerprint density at radius 2 is 1.86 bits per heavy atom. The molecule has 0 aliphatic carbocycles. The number of hydrogen-bond acceptors (Lipinski definition) is 6. The van der Waals surface area contributed by atoms with Crippen LogP contribution >= 0.6 is 0 Å². The van der Waals surface area contributed by atoms with Crippen molar-refractivity contribution in [3.63, 3.8) is 0 Å². The third-order valence-electron chi connectivity index (χ3n) is 4.54. The van der Waals surface area contributed by atoms with Gasteiger partial charge in [-0.2, -0.15) is 5.26 Å². The predicted molar refractivity (Wildman–Crippen MR) is 104 cm³/mol. The number of likely N-dealkylation sites (N-methyl/N-ethyl adjacent to an activating group) is 1. The minimum absolute atomic E-state index is 0.0697. The summed E-state index contributed by atoms with van der Waals surface area (Å²) >= 11 is 0. The summed E-state index contributed by atoms with van der Waals surface area (Å²) < 4.78 is 10.8. The molecule has 2 aromatic rings. The van der Waals surface area contributed by atoms with E-state index in [-0.39, 0.29) is 11.1 Å². The lowest BCUT2D eigenvalue weighted by Crippen LogP contribution is -2.39. The van der Waals surface area contributed by atoms with Crippen molar-refractivity contribution in [1.29, 1.82) is 5.26 Å². The molecule has 0 radical (unpaired) electrons. The van der Waals surface area contributed by atoms with Crippen molar-refractivity contribution in [2.75, 3.05) is 13.7 Å². The summed E-state index contributed by atoms with van der Waals surface area (Å²) in [4.78, 5) is 37.1. The molecule has 0 bridgehead atoms. The zero-order chi connectivity index (χ0) is 21.1.